The molecular formula is C14H17N5O. The molecular weight excluding hydrogens is 254 g/mol. The van der Waals surface area contributed by atoms with E-state index in [0.717, 1.165) is 18.7 Å². The highest BCUT2D eigenvalue weighted by Gasteiger charge is 2.09. The molecule has 0 unspecified atom stereocenters. The van der Waals surface area contributed by atoms with Gasteiger partial charge in [0.2, 0.25) is 0 Å². The molecule has 2 N–H and O–H groups in total. The van der Waals surface area contributed by atoms with Gasteiger partial charge in [0.1, 0.15) is 5.82 Å². The summed E-state index contributed by atoms with van der Waals surface area (Å²) in [6.07, 6.45) is 2.55. The standard InChI is InChI=1S/C14H17N5O/c1-3-6-15-13-9-11(8-10(2)17-13)14(20)18-12-5-4-7-16-19-12/h4-5,7-9H,3,6H2,1-2H3,(H,15,17)(H,18,19,20). The first-order valence-electron chi connectivity index (χ1n) is 6.50. The Morgan fingerprint density at radius 1 is 1.30 bits per heavy atom. The molecule has 0 bridgehead atoms. The van der Waals surface area contributed by atoms with Gasteiger partial charge in [-0.3, -0.25) is 4.79 Å². The van der Waals surface area contributed by atoms with Crippen LogP contribution in [0.2, 0.25) is 0 Å². The van der Waals surface area contributed by atoms with Crippen LogP contribution >= 0.6 is 0 Å². The smallest absolute Gasteiger partial charge is 0.257 e. The van der Waals surface area contributed by atoms with E-state index in [1.165, 1.54) is 0 Å². The Kier molecular flexibility index (Phi) is 4.60. The molecule has 0 aliphatic heterocycles. The fraction of sp³-hybridized carbons (Fsp3) is 0.286. The molecule has 0 fully saturated rings. The van der Waals surface area contributed by atoms with Crippen LogP contribution in [0.5, 0.6) is 0 Å². The SMILES string of the molecule is CCCNc1cc(C(=O)Nc2cccnn2)cc(C)n1. The molecule has 0 atom stereocenters. The maximum atomic E-state index is 12.2. The molecule has 0 aromatic carbocycles. The van der Waals surface area contributed by atoms with Crippen molar-refractivity contribution in [3.63, 3.8) is 0 Å². The van der Waals surface area contributed by atoms with Crippen molar-refractivity contribution in [2.24, 2.45) is 0 Å². The van der Waals surface area contributed by atoms with Gasteiger partial charge in [-0.05, 0) is 37.6 Å². The molecule has 6 nitrogen and oxygen atoms in total. The lowest BCUT2D eigenvalue weighted by atomic mass is 10.2. The lowest BCUT2D eigenvalue weighted by Crippen LogP contribution is -2.14. The van der Waals surface area contributed by atoms with Gasteiger partial charge in [0.25, 0.3) is 5.91 Å². The van der Waals surface area contributed by atoms with Gasteiger partial charge < -0.3 is 10.6 Å². The molecule has 2 rings (SSSR count). The van der Waals surface area contributed by atoms with Crippen molar-refractivity contribution >= 4 is 17.5 Å². The van der Waals surface area contributed by atoms with Crippen molar-refractivity contribution in [2.45, 2.75) is 20.3 Å². The first-order valence-corrected chi connectivity index (χ1v) is 6.50. The number of rotatable bonds is 5. The van der Waals surface area contributed by atoms with Gasteiger partial charge in [-0.25, -0.2) is 4.98 Å². The third-order valence-electron chi connectivity index (χ3n) is 2.59. The van der Waals surface area contributed by atoms with Crippen molar-refractivity contribution in [3.05, 3.63) is 41.7 Å². The monoisotopic (exact) mass is 271 g/mol. The minimum absolute atomic E-state index is 0.226. The molecule has 0 saturated carbocycles. The zero-order valence-electron chi connectivity index (χ0n) is 11.6. The molecule has 2 aromatic heterocycles. The maximum Gasteiger partial charge on any atom is 0.257 e. The summed E-state index contributed by atoms with van der Waals surface area (Å²) in [5, 5.41) is 13.4. The second-order valence-electron chi connectivity index (χ2n) is 4.37. The van der Waals surface area contributed by atoms with E-state index < -0.39 is 0 Å². The highest BCUT2D eigenvalue weighted by atomic mass is 16.1. The summed E-state index contributed by atoms with van der Waals surface area (Å²) in [6, 6.07) is 6.88. The Morgan fingerprint density at radius 2 is 2.15 bits per heavy atom. The van der Waals surface area contributed by atoms with E-state index in [1.807, 2.05) is 6.92 Å². The summed E-state index contributed by atoms with van der Waals surface area (Å²) in [5.74, 6) is 0.904. The molecule has 2 heterocycles. The van der Waals surface area contributed by atoms with Crippen LogP contribution < -0.4 is 10.6 Å². The van der Waals surface area contributed by atoms with Gasteiger partial charge in [-0.15, -0.1) is 5.10 Å². The molecule has 104 valence electrons. The lowest BCUT2D eigenvalue weighted by molar-refractivity contribution is 0.102. The van der Waals surface area contributed by atoms with Crippen molar-refractivity contribution in [3.8, 4) is 0 Å². The quantitative estimate of drug-likeness (QED) is 0.872. The molecule has 0 spiro atoms. The van der Waals surface area contributed by atoms with Gasteiger partial charge in [-0.2, -0.15) is 5.10 Å². The summed E-state index contributed by atoms with van der Waals surface area (Å²) in [6.45, 7) is 4.75. The van der Waals surface area contributed by atoms with Gasteiger partial charge in [0.05, 0.1) is 0 Å². The number of hydrogen-bond donors (Lipinski definition) is 2. The third-order valence-corrected chi connectivity index (χ3v) is 2.59. The van der Waals surface area contributed by atoms with Gasteiger partial charge in [-0.1, -0.05) is 6.92 Å². The number of carbonyl (C=O) groups is 1. The van der Waals surface area contributed by atoms with Crippen LogP contribution in [0.25, 0.3) is 0 Å². The predicted molar refractivity (Wildman–Crippen MR) is 77.7 cm³/mol. The first kappa shape index (κ1) is 13.9. The number of hydrogen-bond acceptors (Lipinski definition) is 5. The van der Waals surface area contributed by atoms with Gasteiger partial charge in [0.15, 0.2) is 5.82 Å². The van der Waals surface area contributed by atoms with Crippen LogP contribution in [0.1, 0.15) is 29.4 Å². The second-order valence-corrected chi connectivity index (χ2v) is 4.37. The average molecular weight is 271 g/mol. The number of carbonyl (C=O) groups excluding carboxylic acids is 1. The first-order chi connectivity index (χ1) is 9.69. The number of aryl methyl sites for hydroxylation is 1. The van der Waals surface area contributed by atoms with Crippen molar-refractivity contribution in [2.75, 3.05) is 17.2 Å². The summed E-state index contributed by atoms with van der Waals surface area (Å²) >= 11 is 0. The largest absolute Gasteiger partial charge is 0.370 e. The molecule has 0 aliphatic carbocycles. The summed E-state index contributed by atoms with van der Waals surface area (Å²) in [7, 11) is 0. The topological polar surface area (TPSA) is 79.8 Å². The molecule has 6 heteroatoms. The third kappa shape index (κ3) is 3.74. The molecule has 2 aromatic rings. The van der Waals surface area contributed by atoms with Crippen LogP contribution in [-0.2, 0) is 0 Å². The van der Waals surface area contributed by atoms with Crippen molar-refractivity contribution < 1.29 is 4.79 Å². The van der Waals surface area contributed by atoms with E-state index in [0.29, 0.717) is 17.2 Å². The minimum Gasteiger partial charge on any atom is -0.370 e. The Labute approximate surface area is 117 Å². The Hall–Kier alpha value is -2.50. The molecule has 1 amide bonds. The summed E-state index contributed by atoms with van der Waals surface area (Å²) in [4.78, 5) is 16.5. The summed E-state index contributed by atoms with van der Waals surface area (Å²) in [5.41, 5.74) is 1.33. The zero-order chi connectivity index (χ0) is 14.4. The molecule has 0 aliphatic rings. The number of amides is 1. The molecule has 20 heavy (non-hydrogen) atoms. The van der Waals surface area contributed by atoms with E-state index in [1.54, 1.807) is 30.5 Å². The van der Waals surface area contributed by atoms with Crippen LogP contribution in [-0.4, -0.2) is 27.6 Å². The van der Waals surface area contributed by atoms with Crippen LogP contribution in [0.4, 0.5) is 11.6 Å². The maximum absolute atomic E-state index is 12.2. The Bertz CT molecular complexity index is 585. The number of aromatic nitrogens is 3. The van der Waals surface area contributed by atoms with E-state index in [-0.39, 0.29) is 5.91 Å². The van der Waals surface area contributed by atoms with Crippen LogP contribution in [0, 0.1) is 6.92 Å². The van der Waals surface area contributed by atoms with Crippen LogP contribution in [0.15, 0.2) is 30.5 Å². The number of anilines is 2. The fourth-order valence-electron chi connectivity index (χ4n) is 1.70. The second kappa shape index (κ2) is 6.60. The van der Waals surface area contributed by atoms with E-state index in [2.05, 4.69) is 32.7 Å². The predicted octanol–water partition coefficient (Wildman–Crippen LogP) is 2.25. The highest BCUT2D eigenvalue weighted by molar-refractivity contribution is 6.04. The fourth-order valence-corrected chi connectivity index (χ4v) is 1.70. The molecule has 0 radical (unpaired) electrons. The highest BCUT2D eigenvalue weighted by Crippen LogP contribution is 2.12. The normalized spacial score (nSPS) is 10.1. The van der Waals surface area contributed by atoms with Crippen molar-refractivity contribution in [1.29, 1.82) is 0 Å². The minimum atomic E-state index is -0.226. The zero-order valence-corrected chi connectivity index (χ0v) is 11.6. The number of nitrogens with one attached hydrogen (secondary N) is 2. The van der Waals surface area contributed by atoms with Crippen molar-refractivity contribution in [1.82, 2.24) is 15.2 Å². The van der Waals surface area contributed by atoms with Gasteiger partial charge >= 0.3 is 0 Å². The number of pyridine rings is 1. The Morgan fingerprint density at radius 3 is 2.85 bits per heavy atom. The van der Waals surface area contributed by atoms with E-state index in [9.17, 15) is 4.79 Å². The lowest BCUT2D eigenvalue weighted by Gasteiger charge is -2.08. The molecule has 0 saturated heterocycles. The van der Waals surface area contributed by atoms with Gasteiger partial charge in [0, 0.05) is 24.0 Å². The van der Waals surface area contributed by atoms with Crippen LogP contribution in [0.3, 0.4) is 0 Å². The number of nitrogens with zero attached hydrogens (tertiary/aromatic N) is 3. The van der Waals surface area contributed by atoms with E-state index in [4.69, 9.17) is 0 Å². The average Bonchev–Trinajstić information content (AvgIpc) is 2.45. The van der Waals surface area contributed by atoms with E-state index >= 15 is 0 Å². The summed E-state index contributed by atoms with van der Waals surface area (Å²) < 4.78 is 0. The Balaban J connectivity index is 2.15.